The van der Waals surface area contributed by atoms with E-state index in [4.69, 9.17) is 11.0 Å². The summed E-state index contributed by atoms with van der Waals surface area (Å²) in [4.78, 5) is 25.2. The number of hydrogen-bond acceptors (Lipinski definition) is 4. The van der Waals surface area contributed by atoms with Crippen LogP contribution in [0.25, 0.3) is 0 Å². The Hall–Kier alpha value is -2.35. The first-order chi connectivity index (χ1) is 8.65. The minimum atomic E-state index is -0.292. The van der Waals surface area contributed by atoms with Crippen LogP contribution in [-0.2, 0) is 0 Å². The molecule has 5 nitrogen and oxygen atoms in total. The third kappa shape index (κ3) is 2.05. The van der Waals surface area contributed by atoms with E-state index in [0.717, 1.165) is 0 Å². The largest absolute Gasteiger partial charge is 0.399 e. The SMILES string of the molecule is N#CCCCCN1C(=O)c2ccc(N)cc2C1=O. The molecule has 0 spiro atoms. The van der Waals surface area contributed by atoms with E-state index in [1.54, 1.807) is 12.1 Å². The summed E-state index contributed by atoms with van der Waals surface area (Å²) in [6.45, 7) is 0.355. The van der Waals surface area contributed by atoms with Crippen LogP contribution in [-0.4, -0.2) is 23.3 Å². The van der Waals surface area contributed by atoms with Crippen molar-refractivity contribution in [1.82, 2.24) is 4.90 Å². The zero-order valence-corrected chi connectivity index (χ0v) is 9.85. The maximum atomic E-state index is 12.0. The monoisotopic (exact) mass is 243 g/mol. The highest BCUT2D eigenvalue weighted by Crippen LogP contribution is 2.25. The molecule has 0 bridgehead atoms. The van der Waals surface area contributed by atoms with Crippen molar-refractivity contribution in [3.05, 3.63) is 29.3 Å². The molecule has 1 heterocycles. The second-order valence-corrected chi connectivity index (χ2v) is 4.18. The number of imide groups is 1. The quantitative estimate of drug-likeness (QED) is 0.494. The number of rotatable bonds is 4. The van der Waals surface area contributed by atoms with E-state index in [0.29, 0.717) is 42.6 Å². The molecular weight excluding hydrogens is 230 g/mol. The van der Waals surface area contributed by atoms with Crippen LogP contribution in [0.4, 0.5) is 5.69 Å². The Labute approximate surface area is 105 Å². The van der Waals surface area contributed by atoms with Crippen LogP contribution >= 0.6 is 0 Å². The van der Waals surface area contributed by atoms with Crippen molar-refractivity contribution >= 4 is 17.5 Å². The Bertz CT molecular complexity index is 546. The summed E-state index contributed by atoms with van der Waals surface area (Å²) >= 11 is 0. The number of nitrogens with two attached hydrogens (primary N) is 1. The van der Waals surface area contributed by atoms with Crippen LogP contribution in [0.2, 0.25) is 0 Å². The Kier molecular flexibility index (Phi) is 3.28. The third-order valence-corrected chi connectivity index (χ3v) is 2.92. The molecule has 18 heavy (non-hydrogen) atoms. The number of nitriles is 1. The number of nitrogens with zero attached hydrogens (tertiary/aromatic N) is 2. The molecule has 2 N–H and O–H groups in total. The van der Waals surface area contributed by atoms with Gasteiger partial charge in [0.1, 0.15) is 0 Å². The molecule has 0 aliphatic carbocycles. The predicted molar refractivity (Wildman–Crippen MR) is 65.7 cm³/mol. The van der Waals surface area contributed by atoms with Gasteiger partial charge in [-0.15, -0.1) is 0 Å². The van der Waals surface area contributed by atoms with Crippen molar-refractivity contribution in [2.45, 2.75) is 19.3 Å². The maximum Gasteiger partial charge on any atom is 0.261 e. The van der Waals surface area contributed by atoms with Crippen molar-refractivity contribution in [2.75, 3.05) is 12.3 Å². The molecule has 5 heteroatoms. The van der Waals surface area contributed by atoms with Gasteiger partial charge in [0.25, 0.3) is 11.8 Å². The van der Waals surface area contributed by atoms with Crippen LogP contribution in [0.3, 0.4) is 0 Å². The number of hydrogen-bond donors (Lipinski definition) is 1. The molecule has 2 rings (SSSR count). The fourth-order valence-electron chi connectivity index (χ4n) is 1.99. The first-order valence-electron chi connectivity index (χ1n) is 5.78. The molecule has 1 aromatic rings. The van der Waals surface area contributed by atoms with E-state index in [-0.39, 0.29) is 11.8 Å². The van der Waals surface area contributed by atoms with Crippen LogP contribution in [0.15, 0.2) is 18.2 Å². The third-order valence-electron chi connectivity index (χ3n) is 2.92. The highest BCUT2D eigenvalue weighted by Gasteiger charge is 2.34. The number of anilines is 1. The van der Waals surface area contributed by atoms with E-state index in [9.17, 15) is 9.59 Å². The van der Waals surface area contributed by atoms with Crippen molar-refractivity contribution in [2.24, 2.45) is 0 Å². The maximum absolute atomic E-state index is 12.0. The number of carbonyl (C=O) groups is 2. The summed E-state index contributed by atoms with van der Waals surface area (Å²) in [5.74, 6) is -0.564. The molecule has 2 amide bonds. The second-order valence-electron chi connectivity index (χ2n) is 4.18. The van der Waals surface area contributed by atoms with E-state index >= 15 is 0 Å². The van der Waals surface area contributed by atoms with Crippen LogP contribution < -0.4 is 5.73 Å². The van der Waals surface area contributed by atoms with Gasteiger partial charge in [-0.25, -0.2) is 0 Å². The van der Waals surface area contributed by atoms with Gasteiger partial charge >= 0.3 is 0 Å². The first kappa shape index (κ1) is 12.1. The molecular formula is C13H13N3O2. The molecule has 0 atom stereocenters. The highest BCUT2D eigenvalue weighted by molar-refractivity contribution is 6.21. The molecule has 92 valence electrons. The summed E-state index contributed by atoms with van der Waals surface area (Å²) in [5.41, 5.74) is 6.87. The summed E-state index contributed by atoms with van der Waals surface area (Å²) < 4.78 is 0. The number of benzene rings is 1. The molecule has 1 aliphatic rings. The van der Waals surface area contributed by atoms with E-state index in [1.807, 2.05) is 6.07 Å². The summed E-state index contributed by atoms with van der Waals surface area (Å²) in [6, 6.07) is 6.77. The smallest absolute Gasteiger partial charge is 0.261 e. The van der Waals surface area contributed by atoms with Crippen LogP contribution in [0, 0.1) is 11.3 Å². The molecule has 0 radical (unpaired) electrons. The number of nitrogen functional groups attached to an aromatic ring is 1. The molecule has 0 fully saturated rings. The van der Waals surface area contributed by atoms with Crippen molar-refractivity contribution in [3.63, 3.8) is 0 Å². The number of carbonyl (C=O) groups excluding carboxylic acids is 2. The number of fused-ring (bicyclic) bond motifs is 1. The van der Waals surface area contributed by atoms with E-state index in [1.165, 1.54) is 11.0 Å². The lowest BCUT2D eigenvalue weighted by Crippen LogP contribution is -2.30. The first-order valence-corrected chi connectivity index (χ1v) is 5.78. The van der Waals surface area contributed by atoms with Gasteiger partial charge in [-0.1, -0.05) is 0 Å². The number of amides is 2. The summed E-state index contributed by atoms with van der Waals surface area (Å²) in [5, 5.41) is 8.42. The lowest BCUT2D eigenvalue weighted by molar-refractivity contribution is 0.0652. The summed E-state index contributed by atoms with van der Waals surface area (Å²) in [7, 11) is 0. The standard InChI is InChI=1S/C13H13N3O2/c14-6-2-1-3-7-16-12(17)10-5-4-9(15)8-11(10)13(16)18/h4-5,8H,1-3,7,15H2. The zero-order chi connectivity index (χ0) is 13.1. The van der Waals surface area contributed by atoms with Gasteiger partial charge in [-0.2, -0.15) is 5.26 Å². The van der Waals surface area contributed by atoms with E-state index < -0.39 is 0 Å². The fourth-order valence-corrected chi connectivity index (χ4v) is 1.99. The Morgan fingerprint density at radius 3 is 2.61 bits per heavy atom. The van der Waals surface area contributed by atoms with Crippen molar-refractivity contribution in [3.8, 4) is 6.07 Å². The topological polar surface area (TPSA) is 87.2 Å². The zero-order valence-electron chi connectivity index (χ0n) is 9.85. The lowest BCUT2D eigenvalue weighted by Gasteiger charge is -2.12. The molecule has 0 unspecified atom stereocenters. The Morgan fingerprint density at radius 1 is 1.17 bits per heavy atom. The average molecular weight is 243 g/mol. The Balaban J connectivity index is 2.11. The van der Waals surface area contributed by atoms with Gasteiger partial charge < -0.3 is 5.73 Å². The predicted octanol–water partition coefficient (Wildman–Crippen LogP) is 1.56. The van der Waals surface area contributed by atoms with Crippen LogP contribution in [0.5, 0.6) is 0 Å². The lowest BCUT2D eigenvalue weighted by atomic mass is 10.1. The van der Waals surface area contributed by atoms with Crippen molar-refractivity contribution < 1.29 is 9.59 Å². The van der Waals surface area contributed by atoms with Gasteiger partial charge in [-0.3, -0.25) is 14.5 Å². The molecule has 1 aliphatic heterocycles. The number of unbranched alkanes of at least 4 members (excludes halogenated alkanes) is 2. The normalized spacial score (nSPS) is 13.6. The van der Waals surface area contributed by atoms with E-state index in [2.05, 4.69) is 0 Å². The van der Waals surface area contributed by atoms with Gasteiger partial charge in [0.05, 0.1) is 17.2 Å². The molecule has 0 saturated heterocycles. The second kappa shape index (κ2) is 4.88. The fraction of sp³-hybridized carbons (Fsp3) is 0.308. The molecule has 0 aromatic heterocycles. The minimum absolute atomic E-state index is 0.271. The highest BCUT2D eigenvalue weighted by atomic mass is 16.2. The summed E-state index contributed by atoms with van der Waals surface area (Å²) in [6.07, 6.45) is 1.77. The molecule has 1 aromatic carbocycles. The Morgan fingerprint density at radius 2 is 1.89 bits per heavy atom. The van der Waals surface area contributed by atoms with Gasteiger partial charge in [0, 0.05) is 18.7 Å². The van der Waals surface area contributed by atoms with Gasteiger partial charge in [0.15, 0.2) is 0 Å². The average Bonchev–Trinajstić information content (AvgIpc) is 2.59. The van der Waals surface area contributed by atoms with Crippen molar-refractivity contribution in [1.29, 1.82) is 5.26 Å². The van der Waals surface area contributed by atoms with Crippen LogP contribution in [0.1, 0.15) is 40.0 Å². The van der Waals surface area contributed by atoms with Gasteiger partial charge in [-0.05, 0) is 31.0 Å². The molecule has 0 saturated carbocycles. The minimum Gasteiger partial charge on any atom is -0.399 e. The van der Waals surface area contributed by atoms with Gasteiger partial charge in [0.2, 0.25) is 0 Å².